The van der Waals surface area contributed by atoms with Gasteiger partial charge >= 0.3 is 0 Å². The first-order valence-electron chi connectivity index (χ1n) is 9.57. The Morgan fingerprint density at radius 1 is 0.962 bits per heavy atom. The number of methoxy groups -OCH3 is 1. The maximum absolute atomic E-state index is 5.68. The van der Waals surface area contributed by atoms with Gasteiger partial charge in [0.25, 0.3) is 0 Å². The molecule has 0 saturated heterocycles. The smallest absolute Gasteiger partial charge is 0.190 e. The molecule has 0 fully saturated rings. The van der Waals surface area contributed by atoms with Crippen LogP contribution in [0, 0.1) is 0 Å². The molecule has 148 valence electrons. The lowest BCUT2D eigenvalue weighted by Crippen LogP contribution is -2.38. The molecule has 6 heteroatoms. The molecule has 0 aromatic heterocycles. The standard InChI is InChI=1S/C20H35N3O3/c1-5-25-18-11-10-17(16-19(18)26-6-2)12-14-23-20(21-3)22-13-8-7-9-15-24-4/h10-11,16H,5-9,12-15H2,1-4H3,(H2,21,22,23). The van der Waals surface area contributed by atoms with Gasteiger partial charge in [-0.05, 0) is 57.2 Å². The monoisotopic (exact) mass is 365 g/mol. The van der Waals surface area contributed by atoms with Crippen molar-refractivity contribution in [1.29, 1.82) is 0 Å². The summed E-state index contributed by atoms with van der Waals surface area (Å²) in [5, 5.41) is 6.70. The van der Waals surface area contributed by atoms with Crippen molar-refractivity contribution in [2.75, 3.05) is 47.1 Å². The zero-order chi connectivity index (χ0) is 19.0. The zero-order valence-corrected chi connectivity index (χ0v) is 16.8. The second kappa shape index (κ2) is 14.2. The Morgan fingerprint density at radius 3 is 2.38 bits per heavy atom. The summed E-state index contributed by atoms with van der Waals surface area (Å²) in [5.74, 6) is 2.45. The Labute approximate surface area is 158 Å². The molecular formula is C20H35N3O3. The number of aliphatic imine (C=N–C) groups is 1. The Morgan fingerprint density at radius 2 is 1.69 bits per heavy atom. The summed E-state index contributed by atoms with van der Waals surface area (Å²) >= 11 is 0. The summed E-state index contributed by atoms with van der Waals surface area (Å²) in [5.41, 5.74) is 1.21. The van der Waals surface area contributed by atoms with Crippen LogP contribution in [-0.2, 0) is 11.2 Å². The van der Waals surface area contributed by atoms with Crippen LogP contribution in [0.2, 0.25) is 0 Å². The van der Waals surface area contributed by atoms with Crippen LogP contribution >= 0.6 is 0 Å². The van der Waals surface area contributed by atoms with Crippen molar-refractivity contribution in [1.82, 2.24) is 10.6 Å². The first-order valence-corrected chi connectivity index (χ1v) is 9.57. The van der Waals surface area contributed by atoms with Gasteiger partial charge in [0.05, 0.1) is 13.2 Å². The lowest BCUT2D eigenvalue weighted by atomic mass is 10.1. The fraction of sp³-hybridized carbons (Fsp3) is 0.650. The highest BCUT2D eigenvalue weighted by atomic mass is 16.5. The minimum absolute atomic E-state index is 0.628. The zero-order valence-electron chi connectivity index (χ0n) is 16.8. The minimum Gasteiger partial charge on any atom is -0.490 e. The van der Waals surface area contributed by atoms with Crippen molar-refractivity contribution in [3.05, 3.63) is 23.8 Å². The SMILES string of the molecule is CCOc1ccc(CCNC(=NC)NCCCCCOC)cc1OCC. The lowest BCUT2D eigenvalue weighted by Gasteiger charge is -2.14. The quantitative estimate of drug-likeness (QED) is 0.320. The highest BCUT2D eigenvalue weighted by molar-refractivity contribution is 5.79. The summed E-state index contributed by atoms with van der Waals surface area (Å²) in [6, 6.07) is 6.13. The molecule has 0 atom stereocenters. The molecule has 0 radical (unpaired) electrons. The maximum Gasteiger partial charge on any atom is 0.190 e. The van der Waals surface area contributed by atoms with Gasteiger partial charge in [-0.25, -0.2) is 0 Å². The molecule has 26 heavy (non-hydrogen) atoms. The highest BCUT2D eigenvalue weighted by Gasteiger charge is 2.06. The van der Waals surface area contributed by atoms with E-state index in [1.807, 2.05) is 19.9 Å². The van der Waals surface area contributed by atoms with Crippen molar-refractivity contribution in [3.8, 4) is 11.5 Å². The molecular weight excluding hydrogens is 330 g/mol. The van der Waals surface area contributed by atoms with E-state index in [-0.39, 0.29) is 0 Å². The maximum atomic E-state index is 5.68. The van der Waals surface area contributed by atoms with Gasteiger partial charge < -0.3 is 24.8 Å². The van der Waals surface area contributed by atoms with Crippen molar-refractivity contribution in [3.63, 3.8) is 0 Å². The minimum atomic E-state index is 0.628. The third-order valence-electron chi connectivity index (χ3n) is 3.86. The molecule has 0 aliphatic carbocycles. The van der Waals surface area contributed by atoms with Crippen LogP contribution in [0.3, 0.4) is 0 Å². The van der Waals surface area contributed by atoms with Crippen LogP contribution in [0.4, 0.5) is 0 Å². The molecule has 0 amide bonds. The van der Waals surface area contributed by atoms with Crippen LogP contribution < -0.4 is 20.1 Å². The predicted molar refractivity (Wildman–Crippen MR) is 108 cm³/mol. The van der Waals surface area contributed by atoms with Crippen LogP contribution in [0.25, 0.3) is 0 Å². The van der Waals surface area contributed by atoms with Gasteiger partial charge in [0.1, 0.15) is 0 Å². The molecule has 6 nitrogen and oxygen atoms in total. The number of unbranched alkanes of at least 4 members (excludes halogenated alkanes) is 2. The van der Waals surface area contributed by atoms with Gasteiger partial charge in [0.2, 0.25) is 0 Å². The van der Waals surface area contributed by atoms with E-state index in [0.717, 1.165) is 62.8 Å². The molecule has 0 saturated carbocycles. The second-order valence-electron chi connectivity index (χ2n) is 5.88. The number of guanidine groups is 1. The van der Waals surface area contributed by atoms with Crippen molar-refractivity contribution >= 4 is 5.96 Å². The predicted octanol–water partition coefficient (Wildman–Crippen LogP) is 3.01. The summed E-state index contributed by atoms with van der Waals surface area (Å²) < 4.78 is 16.3. The first kappa shape index (κ1) is 22.1. The van der Waals surface area contributed by atoms with E-state index in [1.54, 1.807) is 14.2 Å². The Balaban J connectivity index is 2.37. The van der Waals surface area contributed by atoms with Crippen LogP contribution in [-0.4, -0.2) is 53.0 Å². The van der Waals surface area contributed by atoms with E-state index >= 15 is 0 Å². The Kier molecular flexibility index (Phi) is 12.1. The topological polar surface area (TPSA) is 64.1 Å². The van der Waals surface area contributed by atoms with Crippen LogP contribution in [0.15, 0.2) is 23.2 Å². The van der Waals surface area contributed by atoms with E-state index in [2.05, 4.69) is 27.8 Å². The third-order valence-corrected chi connectivity index (χ3v) is 3.86. The summed E-state index contributed by atoms with van der Waals surface area (Å²) in [6.07, 6.45) is 4.26. The average molecular weight is 366 g/mol. The molecule has 0 unspecified atom stereocenters. The normalized spacial score (nSPS) is 11.3. The Bertz CT molecular complexity index is 521. The van der Waals surface area contributed by atoms with Crippen molar-refractivity contribution in [2.24, 2.45) is 4.99 Å². The number of ether oxygens (including phenoxy) is 3. The molecule has 0 aliphatic rings. The molecule has 0 spiro atoms. The molecule has 0 heterocycles. The fourth-order valence-electron chi connectivity index (χ4n) is 2.55. The Hall–Kier alpha value is -1.95. The summed E-state index contributed by atoms with van der Waals surface area (Å²) in [6.45, 7) is 7.78. The van der Waals surface area contributed by atoms with E-state index < -0.39 is 0 Å². The van der Waals surface area contributed by atoms with Crippen LogP contribution in [0.1, 0.15) is 38.7 Å². The fourth-order valence-corrected chi connectivity index (χ4v) is 2.55. The van der Waals surface area contributed by atoms with E-state index in [9.17, 15) is 0 Å². The van der Waals surface area contributed by atoms with E-state index in [0.29, 0.717) is 13.2 Å². The van der Waals surface area contributed by atoms with Gasteiger partial charge in [-0.15, -0.1) is 0 Å². The number of benzene rings is 1. The molecule has 1 rings (SSSR count). The molecule has 0 aliphatic heterocycles. The second-order valence-corrected chi connectivity index (χ2v) is 5.88. The number of rotatable bonds is 13. The molecule has 0 bridgehead atoms. The molecule has 1 aromatic carbocycles. The average Bonchev–Trinajstić information content (AvgIpc) is 2.65. The largest absolute Gasteiger partial charge is 0.490 e. The van der Waals surface area contributed by atoms with E-state index in [1.165, 1.54) is 5.56 Å². The number of nitrogens with one attached hydrogen (secondary N) is 2. The van der Waals surface area contributed by atoms with Gasteiger partial charge in [-0.2, -0.15) is 0 Å². The molecule has 1 aromatic rings. The van der Waals surface area contributed by atoms with Gasteiger partial charge in [-0.3, -0.25) is 4.99 Å². The number of hydrogen-bond donors (Lipinski definition) is 2. The lowest BCUT2D eigenvalue weighted by molar-refractivity contribution is 0.192. The third kappa shape index (κ3) is 8.94. The van der Waals surface area contributed by atoms with Gasteiger partial charge in [0.15, 0.2) is 17.5 Å². The van der Waals surface area contributed by atoms with Gasteiger partial charge in [0, 0.05) is 33.9 Å². The van der Waals surface area contributed by atoms with E-state index in [4.69, 9.17) is 14.2 Å². The summed E-state index contributed by atoms with van der Waals surface area (Å²) in [7, 11) is 3.54. The first-order chi connectivity index (χ1) is 12.7. The van der Waals surface area contributed by atoms with Crippen LogP contribution in [0.5, 0.6) is 11.5 Å². The molecule has 2 N–H and O–H groups in total. The number of nitrogens with zero attached hydrogens (tertiary/aromatic N) is 1. The van der Waals surface area contributed by atoms with Gasteiger partial charge in [-0.1, -0.05) is 6.07 Å². The highest BCUT2D eigenvalue weighted by Crippen LogP contribution is 2.28. The van der Waals surface area contributed by atoms with Crippen molar-refractivity contribution < 1.29 is 14.2 Å². The van der Waals surface area contributed by atoms with Crippen molar-refractivity contribution in [2.45, 2.75) is 39.5 Å². The number of hydrogen-bond acceptors (Lipinski definition) is 4. The summed E-state index contributed by atoms with van der Waals surface area (Å²) in [4.78, 5) is 4.26.